The van der Waals surface area contributed by atoms with Crippen molar-refractivity contribution in [3.05, 3.63) is 77.1 Å². The Morgan fingerprint density at radius 3 is 2.63 bits per heavy atom. The summed E-state index contributed by atoms with van der Waals surface area (Å²) < 4.78 is 0. The van der Waals surface area contributed by atoms with Gasteiger partial charge < -0.3 is 10.6 Å². The number of amides is 1. The lowest BCUT2D eigenvalue weighted by Gasteiger charge is -2.17. The smallest absolute Gasteiger partial charge is 0.245 e. The molecule has 1 amide bonds. The Kier molecular flexibility index (Phi) is 9.31. The van der Waals surface area contributed by atoms with E-state index in [1.807, 2.05) is 58.0 Å². The van der Waals surface area contributed by atoms with Crippen molar-refractivity contribution >= 4 is 28.9 Å². The molecule has 0 aliphatic carbocycles. The van der Waals surface area contributed by atoms with Gasteiger partial charge in [-0.25, -0.2) is 4.99 Å². The van der Waals surface area contributed by atoms with E-state index in [0.29, 0.717) is 28.7 Å². The van der Waals surface area contributed by atoms with Gasteiger partial charge in [0, 0.05) is 29.8 Å². The molecule has 0 radical (unpaired) electrons. The monoisotopic (exact) mass is 385 g/mol. The molecule has 1 aliphatic heterocycles. The highest BCUT2D eigenvalue weighted by molar-refractivity contribution is 6.31. The van der Waals surface area contributed by atoms with Crippen molar-refractivity contribution in [1.29, 1.82) is 0 Å². The molecule has 1 aliphatic rings. The molecule has 0 aromatic heterocycles. The predicted octanol–water partition coefficient (Wildman–Crippen LogP) is 5.17. The number of benzene rings is 1. The van der Waals surface area contributed by atoms with E-state index in [9.17, 15) is 4.79 Å². The lowest BCUT2D eigenvalue weighted by atomic mass is 10.1. The fraction of sp³-hybridized carbons (Fsp3) is 0.273. The minimum Gasteiger partial charge on any atom is -0.357 e. The van der Waals surface area contributed by atoms with Crippen LogP contribution in [0.2, 0.25) is 5.02 Å². The number of nitrogens with one attached hydrogen (secondary N) is 2. The average molecular weight is 386 g/mol. The maximum atomic E-state index is 11.4. The third-order valence-corrected chi connectivity index (χ3v) is 4.11. The lowest BCUT2D eigenvalue weighted by molar-refractivity contribution is -0.116. The molecule has 1 heterocycles. The van der Waals surface area contributed by atoms with Gasteiger partial charge in [0.1, 0.15) is 0 Å². The van der Waals surface area contributed by atoms with Crippen LogP contribution in [0.4, 0.5) is 0 Å². The van der Waals surface area contributed by atoms with Crippen LogP contribution in [0, 0.1) is 6.92 Å². The van der Waals surface area contributed by atoms with Gasteiger partial charge in [-0.15, -0.1) is 0 Å². The van der Waals surface area contributed by atoms with E-state index in [0.717, 1.165) is 23.2 Å². The van der Waals surface area contributed by atoms with Gasteiger partial charge in [0.25, 0.3) is 0 Å². The number of carbonyl (C=O) groups excluding carboxylic acids is 1. The average Bonchev–Trinajstić information content (AvgIpc) is 2.65. The van der Waals surface area contributed by atoms with Gasteiger partial charge in [0.05, 0.1) is 17.1 Å². The quantitative estimate of drug-likeness (QED) is 0.663. The number of hydrogen-bond donors (Lipinski definition) is 2. The summed E-state index contributed by atoms with van der Waals surface area (Å²) in [4.78, 5) is 16.0. The second kappa shape index (κ2) is 11.2. The first-order chi connectivity index (χ1) is 12.9. The van der Waals surface area contributed by atoms with Crippen molar-refractivity contribution in [3.8, 4) is 0 Å². The van der Waals surface area contributed by atoms with E-state index < -0.39 is 0 Å². The molecule has 2 N–H and O–H groups in total. The molecule has 5 heteroatoms. The molecule has 1 aromatic carbocycles. The van der Waals surface area contributed by atoms with Crippen LogP contribution < -0.4 is 10.6 Å². The van der Waals surface area contributed by atoms with E-state index in [4.69, 9.17) is 11.6 Å². The Morgan fingerprint density at radius 2 is 2.04 bits per heavy atom. The van der Waals surface area contributed by atoms with Gasteiger partial charge in [-0.05, 0) is 43.2 Å². The van der Waals surface area contributed by atoms with Crippen LogP contribution in [0.3, 0.4) is 0 Å². The fourth-order valence-electron chi connectivity index (χ4n) is 2.36. The third-order valence-electron chi connectivity index (χ3n) is 3.69. The normalized spacial score (nSPS) is 14.0. The van der Waals surface area contributed by atoms with E-state index >= 15 is 0 Å². The minimum absolute atomic E-state index is 0.105. The SMILES string of the molecule is C=C(NC1=CC(=O)NCC1)C(/C=C\C)=NC(=C)c1ccc(Cl)c(C)c1.CC. The van der Waals surface area contributed by atoms with Crippen molar-refractivity contribution in [2.24, 2.45) is 4.99 Å². The van der Waals surface area contributed by atoms with Gasteiger partial charge in [-0.2, -0.15) is 0 Å². The Hall–Kier alpha value is -2.59. The number of rotatable bonds is 6. The molecule has 144 valence electrons. The summed E-state index contributed by atoms with van der Waals surface area (Å²) in [5, 5.41) is 6.63. The van der Waals surface area contributed by atoms with Crippen molar-refractivity contribution in [2.45, 2.75) is 34.1 Å². The second-order valence-corrected chi connectivity index (χ2v) is 6.13. The minimum atomic E-state index is -0.105. The summed E-state index contributed by atoms with van der Waals surface area (Å²) in [5.74, 6) is -0.105. The van der Waals surface area contributed by atoms with Gasteiger partial charge in [0.2, 0.25) is 5.91 Å². The number of halogens is 1. The van der Waals surface area contributed by atoms with Crippen LogP contribution in [0.25, 0.3) is 5.70 Å². The Balaban J connectivity index is 0.00000176. The molecule has 2 rings (SSSR count). The summed E-state index contributed by atoms with van der Waals surface area (Å²) in [6, 6.07) is 5.67. The molecule has 0 unspecified atom stereocenters. The number of aryl methyl sites for hydroxylation is 1. The molecule has 4 nitrogen and oxygen atoms in total. The number of allylic oxidation sites excluding steroid dienone is 2. The maximum Gasteiger partial charge on any atom is 0.245 e. The number of hydrogen-bond acceptors (Lipinski definition) is 3. The van der Waals surface area contributed by atoms with E-state index in [1.165, 1.54) is 0 Å². The Morgan fingerprint density at radius 1 is 1.33 bits per heavy atom. The van der Waals surface area contributed by atoms with Gasteiger partial charge in [-0.3, -0.25) is 4.79 Å². The first-order valence-corrected chi connectivity index (χ1v) is 9.40. The highest BCUT2D eigenvalue weighted by atomic mass is 35.5. The summed E-state index contributed by atoms with van der Waals surface area (Å²) in [6.07, 6.45) is 6.01. The second-order valence-electron chi connectivity index (χ2n) is 5.72. The summed E-state index contributed by atoms with van der Waals surface area (Å²) in [5.41, 5.74) is 4.58. The number of nitrogens with zero attached hydrogens (tertiary/aromatic N) is 1. The standard InChI is InChI=1S/C20H22ClN3O.C2H6/c1-5-6-19(15(4)23-17-9-10-22-20(25)12-17)24-14(3)16-7-8-18(21)13(2)11-16;1-2/h5-8,11-12,23H,3-4,9-10H2,1-2H3,(H,22,25);1-2H3/b6-5-,24-19?;. The Labute approximate surface area is 167 Å². The van der Waals surface area contributed by atoms with E-state index in [2.05, 4.69) is 28.8 Å². The van der Waals surface area contributed by atoms with Gasteiger partial charge >= 0.3 is 0 Å². The zero-order chi connectivity index (χ0) is 20.4. The van der Waals surface area contributed by atoms with Crippen molar-refractivity contribution in [2.75, 3.05) is 6.54 Å². The van der Waals surface area contributed by atoms with Crippen LogP contribution >= 0.6 is 11.6 Å². The molecule has 27 heavy (non-hydrogen) atoms. The zero-order valence-corrected chi connectivity index (χ0v) is 17.3. The molecule has 1 aromatic rings. The zero-order valence-electron chi connectivity index (χ0n) is 16.5. The molecule has 0 atom stereocenters. The molecule has 0 spiro atoms. The Bertz CT molecular complexity index is 804. The number of carbonyl (C=O) groups is 1. The molecule has 0 saturated heterocycles. The van der Waals surface area contributed by atoms with Crippen LogP contribution in [0.5, 0.6) is 0 Å². The molecular weight excluding hydrogens is 358 g/mol. The van der Waals surface area contributed by atoms with Crippen LogP contribution in [-0.4, -0.2) is 18.2 Å². The highest BCUT2D eigenvalue weighted by Gasteiger charge is 2.11. The van der Waals surface area contributed by atoms with Crippen LogP contribution in [-0.2, 0) is 4.79 Å². The van der Waals surface area contributed by atoms with Crippen molar-refractivity contribution in [3.63, 3.8) is 0 Å². The van der Waals surface area contributed by atoms with Crippen LogP contribution in [0.1, 0.15) is 38.3 Å². The number of aliphatic imine (C=N–C) groups is 1. The van der Waals surface area contributed by atoms with E-state index in [-0.39, 0.29) is 5.91 Å². The highest BCUT2D eigenvalue weighted by Crippen LogP contribution is 2.22. The van der Waals surface area contributed by atoms with Gasteiger partial charge in [-0.1, -0.05) is 50.7 Å². The topological polar surface area (TPSA) is 53.5 Å². The maximum absolute atomic E-state index is 11.4. The first-order valence-electron chi connectivity index (χ1n) is 9.02. The fourth-order valence-corrected chi connectivity index (χ4v) is 2.47. The summed E-state index contributed by atoms with van der Waals surface area (Å²) in [6.45, 7) is 16.5. The molecule has 0 fully saturated rings. The summed E-state index contributed by atoms with van der Waals surface area (Å²) >= 11 is 6.07. The lowest BCUT2D eigenvalue weighted by Crippen LogP contribution is -2.31. The summed E-state index contributed by atoms with van der Waals surface area (Å²) in [7, 11) is 0. The molecular formula is C22H28ClN3O. The van der Waals surface area contributed by atoms with Gasteiger partial charge in [0.15, 0.2) is 0 Å². The van der Waals surface area contributed by atoms with Crippen molar-refractivity contribution in [1.82, 2.24) is 10.6 Å². The largest absolute Gasteiger partial charge is 0.357 e. The predicted molar refractivity (Wildman–Crippen MR) is 117 cm³/mol. The molecule has 0 bridgehead atoms. The van der Waals surface area contributed by atoms with Crippen molar-refractivity contribution < 1.29 is 4.79 Å². The first kappa shape index (κ1) is 22.5. The van der Waals surface area contributed by atoms with E-state index in [1.54, 1.807) is 6.08 Å². The third kappa shape index (κ3) is 6.91. The molecule has 0 saturated carbocycles. The van der Waals surface area contributed by atoms with Crippen LogP contribution in [0.15, 0.2) is 66.0 Å².